The number of hydrogen-bond acceptors (Lipinski definition) is 5. The van der Waals surface area contributed by atoms with Crippen LogP contribution in [-0.2, 0) is 19.1 Å². The van der Waals surface area contributed by atoms with Gasteiger partial charge in [-0.25, -0.2) is 9.59 Å². The number of ether oxygens (including phenoxy) is 2. The van der Waals surface area contributed by atoms with Crippen LogP contribution in [0.5, 0.6) is 0 Å². The van der Waals surface area contributed by atoms with Gasteiger partial charge in [0.05, 0.1) is 12.5 Å². The Labute approximate surface area is 142 Å². The zero-order valence-corrected chi connectivity index (χ0v) is 14.2. The maximum absolute atomic E-state index is 12.0. The molecule has 0 aromatic carbocycles. The van der Waals surface area contributed by atoms with Gasteiger partial charge in [-0.2, -0.15) is 0 Å². The Morgan fingerprint density at radius 1 is 1.50 bits per heavy atom. The van der Waals surface area contributed by atoms with Crippen molar-refractivity contribution in [2.24, 2.45) is 5.92 Å². The lowest BCUT2D eigenvalue weighted by atomic mass is 9.85. The van der Waals surface area contributed by atoms with Gasteiger partial charge in [0.2, 0.25) is 0 Å². The molecule has 1 heterocycles. The molecule has 0 bridgehead atoms. The molecule has 3 atom stereocenters. The minimum absolute atomic E-state index is 0.101. The molecule has 1 fully saturated rings. The van der Waals surface area contributed by atoms with Gasteiger partial charge in [-0.3, -0.25) is 0 Å². The summed E-state index contributed by atoms with van der Waals surface area (Å²) in [5.74, 6) is -1.46. The third-order valence-electron chi connectivity index (χ3n) is 4.35. The molecule has 0 aromatic rings. The van der Waals surface area contributed by atoms with Crippen molar-refractivity contribution in [2.75, 3.05) is 6.61 Å². The average molecular weight is 332 g/mol. The lowest BCUT2D eigenvalue weighted by Gasteiger charge is -2.27. The van der Waals surface area contributed by atoms with E-state index in [2.05, 4.69) is 19.2 Å². The predicted octanol–water partition coefficient (Wildman–Crippen LogP) is 2.62. The topological polar surface area (TPSA) is 72.8 Å². The van der Waals surface area contributed by atoms with Gasteiger partial charge in [-0.05, 0) is 38.3 Å². The smallest absolute Gasteiger partial charge is 0.334 e. The number of fused-ring (bicyclic) bond motifs is 1. The van der Waals surface area contributed by atoms with Crippen molar-refractivity contribution in [1.82, 2.24) is 0 Å². The van der Waals surface area contributed by atoms with Gasteiger partial charge >= 0.3 is 11.9 Å². The minimum Gasteiger partial charge on any atom is -0.458 e. The maximum atomic E-state index is 12.0. The maximum Gasteiger partial charge on any atom is 0.334 e. The molecule has 2 rings (SSSR count). The fourth-order valence-electron chi connectivity index (χ4n) is 3.01. The molecule has 0 spiro atoms. The molecule has 0 amide bonds. The molecule has 5 nitrogen and oxygen atoms in total. The number of allylic oxidation sites excluding steroid dienone is 1. The van der Waals surface area contributed by atoms with Gasteiger partial charge in [0.1, 0.15) is 12.2 Å². The Morgan fingerprint density at radius 3 is 2.83 bits per heavy atom. The number of hydrogen-bond donors (Lipinski definition) is 1. The first-order valence-electron chi connectivity index (χ1n) is 8.05. The fourth-order valence-corrected chi connectivity index (χ4v) is 3.01. The van der Waals surface area contributed by atoms with Crippen LogP contribution in [0.4, 0.5) is 0 Å². The molecular weight excluding hydrogens is 308 g/mol. The van der Waals surface area contributed by atoms with Gasteiger partial charge in [-0.15, -0.1) is 0 Å². The summed E-state index contributed by atoms with van der Waals surface area (Å²) in [4.78, 5) is 24.0. The Kier molecular flexibility index (Phi) is 5.78. The lowest BCUT2D eigenvalue weighted by molar-refractivity contribution is -0.147. The van der Waals surface area contributed by atoms with Gasteiger partial charge in [-0.1, -0.05) is 24.8 Å². The number of carbonyl (C=O) groups is 2. The van der Waals surface area contributed by atoms with Crippen LogP contribution in [0.15, 0.2) is 47.6 Å². The van der Waals surface area contributed by atoms with E-state index < -0.39 is 30.1 Å². The number of rotatable bonds is 3. The van der Waals surface area contributed by atoms with Crippen LogP contribution in [0.25, 0.3) is 0 Å². The van der Waals surface area contributed by atoms with Crippen molar-refractivity contribution in [3.05, 3.63) is 47.6 Å². The Hall–Kier alpha value is -2.14. The molecule has 0 aromatic heterocycles. The van der Waals surface area contributed by atoms with Crippen molar-refractivity contribution in [2.45, 2.75) is 45.3 Å². The number of esters is 2. The summed E-state index contributed by atoms with van der Waals surface area (Å²) in [5, 5.41) is 9.52. The van der Waals surface area contributed by atoms with E-state index in [-0.39, 0.29) is 6.61 Å². The van der Waals surface area contributed by atoms with Crippen molar-refractivity contribution < 1.29 is 24.2 Å². The molecule has 2 aliphatic rings. The first-order chi connectivity index (χ1) is 11.3. The second-order valence-electron chi connectivity index (χ2n) is 6.42. The molecule has 1 saturated heterocycles. The summed E-state index contributed by atoms with van der Waals surface area (Å²) < 4.78 is 11.0. The molecule has 0 radical (unpaired) electrons. The normalized spacial score (nSPS) is 27.5. The Balaban J connectivity index is 2.41. The van der Waals surface area contributed by atoms with E-state index in [0.29, 0.717) is 24.0 Å². The van der Waals surface area contributed by atoms with E-state index in [0.717, 1.165) is 17.6 Å². The average Bonchev–Trinajstić information content (AvgIpc) is 2.79. The summed E-state index contributed by atoms with van der Waals surface area (Å²) in [6.07, 6.45) is 4.63. The molecule has 5 heteroatoms. The minimum atomic E-state index is -0.582. The van der Waals surface area contributed by atoms with Crippen LogP contribution in [0, 0.1) is 5.92 Å². The highest BCUT2D eigenvalue weighted by atomic mass is 16.6. The zero-order chi connectivity index (χ0) is 17.9. The van der Waals surface area contributed by atoms with Gasteiger partial charge in [0, 0.05) is 17.6 Å². The summed E-state index contributed by atoms with van der Waals surface area (Å²) in [5.41, 5.74) is 2.44. The van der Waals surface area contributed by atoms with E-state index in [1.165, 1.54) is 0 Å². The molecule has 130 valence electrons. The molecule has 24 heavy (non-hydrogen) atoms. The molecule has 1 aliphatic carbocycles. The molecule has 1 N–H and O–H groups in total. The second-order valence-corrected chi connectivity index (χ2v) is 6.42. The van der Waals surface area contributed by atoms with Crippen molar-refractivity contribution in [3.8, 4) is 0 Å². The van der Waals surface area contributed by atoms with Crippen LogP contribution in [0.2, 0.25) is 0 Å². The van der Waals surface area contributed by atoms with Gasteiger partial charge in [0.25, 0.3) is 0 Å². The highest BCUT2D eigenvalue weighted by Gasteiger charge is 2.44. The first-order valence-corrected chi connectivity index (χ1v) is 8.05. The number of aliphatic hydroxyl groups is 1. The van der Waals surface area contributed by atoms with Crippen molar-refractivity contribution in [3.63, 3.8) is 0 Å². The zero-order valence-electron chi connectivity index (χ0n) is 14.2. The second kappa shape index (κ2) is 7.62. The number of carbonyl (C=O) groups excluding carboxylic acids is 2. The van der Waals surface area contributed by atoms with Crippen molar-refractivity contribution in [1.29, 1.82) is 0 Å². The van der Waals surface area contributed by atoms with E-state index in [9.17, 15) is 14.7 Å². The van der Waals surface area contributed by atoms with Gasteiger partial charge in [0.15, 0.2) is 0 Å². The summed E-state index contributed by atoms with van der Waals surface area (Å²) >= 11 is 0. The fraction of sp³-hybridized carbons (Fsp3) is 0.474. The standard InChI is InChI=1S/C19H24O5/c1-11(2)18(21)23-15-8-12(3)6-5-7-14(10-20)9-16-17(15)13(4)19(22)24-16/h6,9,15-17,20H,1,4-5,7-8,10H2,2-3H3. The monoisotopic (exact) mass is 332 g/mol. The quantitative estimate of drug-likeness (QED) is 0.489. The molecule has 3 unspecified atom stereocenters. The van der Waals surface area contributed by atoms with E-state index >= 15 is 0 Å². The largest absolute Gasteiger partial charge is 0.458 e. The molecule has 0 saturated carbocycles. The van der Waals surface area contributed by atoms with E-state index in [4.69, 9.17) is 9.47 Å². The summed E-state index contributed by atoms with van der Waals surface area (Å²) in [6, 6.07) is 0. The van der Waals surface area contributed by atoms with Crippen LogP contribution < -0.4 is 0 Å². The van der Waals surface area contributed by atoms with Gasteiger partial charge < -0.3 is 14.6 Å². The highest BCUT2D eigenvalue weighted by Crippen LogP contribution is 2.36. The van der Waals surface area contributed by atoms with Crippen LogP contribution in [0.3, 0.4) is 0 Å². The predicted molar refractivity (Wildman–Crippen MR) is 90.0 cm³/mol. The SMILES string of the molecule is C=C(C)C(=O)OC1CC(C)=CCCC(CO)=CC2OC(=O)C(=C)C21. The summed E-state index contributed by atoms with van der Waals surface area (Å²) in [7, 11) is 0. The van der Waals surface area contributed by atoms with Crippen LogP contribution >= 0.6 is 0 Å². The third kappa shape index (κ3) is 4.03. The van der Waals surface area contributed by atoms with Crippen molar-refractivity contribution >= 4 is 11.9 Å². The highest BCUT2D eigenvalue weighted by molar-refractivity contribution is 5.91. The first kappa shape index (κ1) is 18.2. The van der Waals surface area contributed by atoms with Crippen LogP contribution in [0.1, 0.15) is 33.1 Å². The molecule has 1 aliphatic heterocycles. The summed E-state index contributed by atoms with van der Waals surface area (Å²) in [6.45, 7) is 10.9. The number of aliphatic hydroxyl groups excluding tert-OH is 1. The van der Waals surface area contributed by atoms with Crippen LogP contribution in [-0.4, -0.2) is 35.9 Å². The third-order valence-corrected chi connectivity index (χ3v) is 4.35. The van der Waals surface area contributed by atoms with E-state index in [1.54, 1.807) is 13.0 Å². The lowest BCUT2D eigenvalue weighted by Crippen LogP contribution is -2.33. The van der Waals surface area contributed by atoms with E-state index in [1.807, 2.05) is 6.92 Å². The Bertz CT molecular complexity index is 626. The molecular formula is C19H24O5. The Morgan fingerprint density at radius 2 is 2.21 bits per heavy atom.